The highest BCUT2D eigenvalue weighted by Gasteiger charge is 2.48. The topological polar surface area (TPSA) is 40.5 Å². The molecule has 2 aliphatic heterocycles. The summed E-state index contributed by atoms with van der Waals surface area (Å²) in [5.41, 5.74) is -0.741. The van der Waals surface area contributed by atoms with Crippen molar-refractivity contribution < 1.29 is 18.7 Å². The molecule has 1 N–H and O–H groups in total. The van der Waals surface area contributed by atoms with Crippen LogP contribution >= 0.6 is 0 Å². The maximum Gasteiger partial charge on any atom is 0.246 e. The molecule has 1 aromatic carbocycles. The molecule has 3 nitrogen and oxygen atoms in total. The number of amides is 1. The monoisotopic (exact) mass is 307 g/mol. The van der Waals surface area contributed by atoms with Gasteiger partial charge in [-0.05, 0) is 43.4 Å². The van der Waals surface area contributed by atoms with Crippen LogP contribution in [0.2, 0.25) is 0 Å². The second-order valence-corrected chi connectivity index (χ2v) is 6.38. The Kier molecular flexibility index (Phi) is 3.77. The molecule has 2 atom stereocenters. The summed E-state index contributed by atoms with van der Waals surface area (Å²) in [6.45, 7) is 3.52. The highest BCUT2D eigenvalue weighted by Crippen LogP contribution is 2.42. The van der Waals surface area contributed by atoms with E-state index in [9.17, 15) is 18.7 Å². The van der Waals surface area contributed by atoms with Gasteiger partial charge in [-0.25, -0.2) is 8.78 Å². The minimum absolute atomic E-state index is 0.0299. The molecule has 5 heteroatoms. The lowest BCUT2D eigenvalue weighted by molar-refractivity contribution is -0.136. The molecule has 2 fully saturated rings. The number of benzene rings is 1. The van der Waals surface area contributed by atoms with Crippen LogP contribution in [0, 0.1) is 11.6 Å². The van der Waals surface area contributed by atoms with Crippen LogP contribution in [0.3, 0.4) is 0 Å². The van der Waals surface area contributed by atoms with Crippen LogP contribution in [0.25, 0.3) is 0 Å². The van der Waals surface area contributed by atoms with Gasteiger partial charge >= 0.3 is 0 Å². The Balaban J connectivity index is 1.79. The van der Waals surface area contributed by atoms with Gasteiger partial charge in [0.2, 0.25) is 5.91 Å². The summed E-state index contributed by atoms with van der Waals surface area (Å²) in [4.78, 5) is 13.7. The van der Waals surface area contributed by atoms with Crippen LogP contribution in [-0.2, 0) is 11.2 Å². The Morgan fingerprint density at radius 1 is 1.36 bits per heavy atom. The first-order valence-corrected chi connectivity index (χ1v) is 7.53. The minimum atomic E-state index is -1.05. The summed E-state index contributed by atoms with van der Waals surface area (Å²) in [6, 6.07) is 3.36. The van der Waals surface area contributed by atoms with Crippen LogP contribution in [-0.4, -0.2) is 33.6 Å². The van der Waals surface area contributed by atoms with Crippen molar-refractivity contribution in [2.75, 3.05) is 0 Å². The first-order chi connectivity index (χ1) is 10.4. The summed E-state index contributed by atoms with van der Waals surface area (Å²) >= 11 is 0. The molecule has 2 saturated heterocycles. The predicted octanol–water partition coefficient (Wildman–Crippen LogP) is 2.58. The summed E-state index contributed by atoms with van der Waals surface area (Å²) in [5, 5.41) is 10.8. The average molecular weight is 307 g/mol. The van der Waals surface area contributed by atoms with Crippen molar-refractivity contribution in [3.63, 3.8) is 0 Å². The lowest BCUT2D eigenvalue weighted by atomic mass is 9.81. The number of aliphatic hydroxyl groups is 1. The number of carbonyl (C=O) groups excluding carboxylic acids is 1. The lowest BCUT2D eigenvalue weighted by Gasteiger charge is -2.43. The highest BCUT2D eigenvalue weighted by molar-refractivity contribution is 5.87. The first kappa shape index (κ1) is 15.2. The number of hydrogen-bond acceptors (Lipinski definition) is 2. The van der Waals surface area contributed by atoms with Gasteiger partial charge in [0.15, 0.2) is 0 Å². The molecular formula is C17H19F2NO2. The summed E-state index contributed by atoms with van der Waals surface area (Å²) in [7, 11) is 0. The van der Waals surface area contributed by atoms with E-state index in [2.05, 4.69) is 6.58 Å². The van der Waals surface area contributed by atoms with E-state index in [0.717, 1.165) is 18.9 Å². The number of halogens is 2. The number of nitrogens with zero attached hydrogens (tertiary/aromatic N) is 1. The zero-order chi connectivity index (χ0) is 15.9. The third kappa shape index (κ3) is 2.65. The van der Waals surface area contributed by atoms with E-state index in [-0.39, 0.29) is 24.4 Å². The van der Waals surface area contributed by atoms with E-state index in [1.807, 2.05) is 0 Å². The van der Waals surface area contributed by atoms with Gasteiger partial charge in [0, 0.05) is 24.6 Å². The molecule has 22 heavy (non-hydrogen) atoms. The van der Waals surface area contributed by atoms with Gasteiger partial charge in [0.05, 0.1) is 5.60 Å². The molecule has 1 aromatic rings. The maximum atomic E-state index is 13.8. The Hall–Kier alpha value is -1.75. The van der Waals surface area contributed by atoms with Gasteiger partial charge in [0.25, 0.3) is 0 Å². The number of carbonyl (C=O) groups is 1. The standard InChI is InChI=1S/C17H19F2NO2/c1-2-16(21)20-13-5-6-14(20)10-17(22,9-13)8-11-3-4-12(18)7-15(11)19/h2-4,7,13-14,22H,1,5-6,8-10H2/t13-,14-/m0/s1. The van der Waals surface area contributed by atoms with Crippen molar-refractivity contribution in [1.29, 1.82) is 0 Å². The molecule has 0 aromatic heterocycles. The predicted molar refractivity (Wildman–Crippen MR) is 78.1 cm³/mol. The number of hydrogen-bond donors (Lipinski definition) is 1. The SMILES string of the molecule is C=CC(=O)N1[C@H]2CC[C@H]1CC(O)(Cc1ccc(F)cc1F)C2. The molecule has 0 unspecified atom stereocenters. The normalized spacial score (nSPS) is 30.4. The fraction of sp³-hybridized carbons (Fsp3) is 0.471. The van der Waals surface area contributed by atoms with E-state index in [1.165, 1.54) is 18.2 Å². The van der Waals surface area contributed by atoms with Crippen LogP contribution in [0.1, 0.15) is 31.2 Å². The first-order valence-electron chi connectivity index (χ1n) is 7.53. The summed E-state index contributed by atoms with van der Waals surface area (Å²) < 4.78 is 26.8. The van der Waals surface area contributed by atoms with Crippen molar-refractivity contribution >= 4 is 5.91 Å². The second-order valence-electron chi connectivity index (χ2n) is 6.38. The van der Waals surface area contributed by atoms with E-state index < -0.39 is 17.2 Å². The molecule has 118 valence electrons. The Morgan fingerprint density at radius 2 is 2.00 bits per heavy atom. The molecule has 2 aliphatic rings. The van der Waals surface area contributed by atoms with Gasteiger partial charge in [-0.1, -0.05) is 12.6 Å². The van der Waals surface area contributed by atoms with Gasteiger partial charge in [-0.3, -0.25) is 4.79 Å². The number of fused-ring (bicyclic) bond motifs is 2. The van der Waals surface area contributed by atoms with Gasteiger partial charge < -0.3 is 10.0 Å². The van der Waals surface area contributed by atoms with Crippen molar-refractivity contribution in [1.82, 2.24) is 4.90 Å². The van der Waals surface area contributed by atoms with Crippen molar-refractivity contribution in [3.8, 4) is 0 Å². The molecule has 0 radical (unpaired) electrons. The number of rotatable bonds is 3. The summed E-state index contributed by atoms with van der Waals surface area (Å²) in [5.74, 6) is -1.37. The van der Waals surface area contributed by atoms with Gasteiger partial charge in [-0.15, -0.1) is 0 Å². The van der Waals surface area contributed by atoms with Crippen molar-refractivity contribution in [2.24, 2.45) is 0 Å². The molecule has 3 rings (SSSR count). The maximum absolute atomic E-state index is 13.8. The zero-order valence-electron chi connectivity index (χ0n) is 12.3. The van der Waals surface area contributed by atoms with E-state index in [1.54, 1.807) is 4.90 Å². The largest absolute Gasteiger partial charge is 0.389 e. The molecule has 0 saturated carbocycles. The molecular weight excluding hydrogens is 288 g/mol. The lowest BCUT2D eigenvalue weighted by Crippen LogP contribution is -2.53. The molecule has 0 spiro atoms. The molecule has 1 amide bonds. The third-order valence-electron chi connectivity index (χ3n) is 4.81. The van der Waals surface area contributed by atoms with Gasteiger partial charge in [-0.2, -0.15) is 0 Å². The van der Waals surface area contributed by atoms with Crippen LogP contribution in [0.5, 0.6) is 0 Å². The fourth-order valence-electron chi connectivity index (χ4n) is 3.95. The van der Waals surface area contributed by atoms with Crippen LogP contribution < -0.4 is 0 Å². The smallest absolute Gasteiger partial charge is 0.246 e. The summed E-state index contributed by atoms with van der Waals surface area (Å²) in [6.07, 6.45) is 3.97. The Morgan fingerprint density at radius 3 is 2.55 bits per heavy atom. The highest BCUT2D eigenvalue weighted by atomic mass is 19.1. The Bertz CT molecular complexity index is 603. The quantitative estimate of drug-likeness (QED) is 0.872. The van der Waals surface area contributed by atoms with Gasteiger partial charge in [0.1, 0.15) is 11.6 Å². The van der Waals surface area contributed by atoms with Crippen LogP contribution in [0.4, 0.5) is 8.78 Å². The molecule has 0 aliphatic carbocycles. The zero-order valence-corrected chi connectivity index (χ0v) is 12.3. The third-order valence-corrected chi connectivity index (χ3v) is 4.81. The fourth-order valence-corrected chi connectivity index (χ4v) is 3.95. The number of piperidine rings is 1. The van der Waals surface area contributed by atoms with E-state index >= 15 is 0 Å². The van der Waals surface area contributed by atoms with Crippen molar-refractivity contribution in [2.45, 2.75) is 49.8 Å². The Labute approximate surface area is 128 Å². The van der Waals surface area contributed by atoms with Crippen molar-refractivity contribution in [3.05, 3.63) is 48.1 Å². The molecule has 2 bridgehead atoms. The minimum Gasteiger partial charge on any atom is -0.389 e. The van der Waals surface area contributed by atoms with E-state index in [0.29, 0.717) is 18.4 Å². The second kappa shape index (κ2) is 5.47. The average Bonchev–Trinajstić information content (AvgIpc) is 2.74. The molecule has 2 heterocycles. The van der Waals surface area contributed by atoms with E-state index in [4.69, 9.17) is 0 Å². The van der Waals surface area contributed by atoms with Crippen LogP contribution in [0.15, 0.2) is 30.9 Å².